The van der Waals surface area contributed by atoms with Gasteiger partial charge in [0, 0.05) is 24.2 Å². The fourth-order valence-electron chi connectivity index (χ4n) is 3.28. The summed E-state index contributed by atoms with van der Waals surface area (Å²) in [6, 6.07) is 27.3. The molecule has 4 heteroatoms. The maximum atomic E-state index is 12.4. The van der Waals surface area contributed by atoms with Crippen LogP contribution in [-0.4, -0.2) is 24.9 Å². The first-order chi connectivity index (χ1) is 14.7. The van der Waals surface area contributed by atoms with E-state index in [1.54, 1.807) is 24.3 Å². The van der Waals surface area contributed by atoms with E-state index in [1.165, 1.54) is 11.1 Å². The Balaban J connectivity index is 1.41. The van der Waals surface area contributed by atoms with Crippen molar-refractivity contribution in [3.63, 3.8) is 0 Å². The lowest BCUT2D eigenvalue weighted by Crippen LogP contribution is -2.27. The Morgan fingerprint density at radius 1 is 0.567 bits per heavy atom. The molecule has 154 valence electrons. The quantitative estimate of drug-likeness (QED) is 0.495. The highest BCUT2D eigenvalue weighted by Crippen LogP contribution is 2.07. The van der Waals surface area contributed by atoms with Crippen LogP contribution in [0.3, 0.4) is 0 Å². The zero-order valence-corrected chi connectivity index (χ0v) is 17.1. The molecule has 3 aromatic carbocycles. The largest absolute Gasteiger partial charge is 0.352 e. The van der Waals surface area contributed by atoms with Crippen LogP contribution in [0.15, 0.2) is 84.9 Å². The first-order valence-corrected chi connectivity index (χ1v) is 10.5. The lowest BCUT2D eigenvalue weighted by molar-refractivity contribution is 0.0952. The van der Waals surface area contributed by atoms with E-state index in [-0.39, 0.29) is 11.8 Å². The molecule has 3 rings (SSSR count). The average molecular weight is 401 g/mol. The minimum atomic E-state index is -0.151. The van der Waals surface area contributed by atoms with Crippen molar-refractivity contribution >= 4 is 11.8 Å². The van der Waals surface area contributed by atoms with Crippen molar-refractivity contribution in [2.75, 3.05) is 13.1 Å². The fourth-order valence-corrected chi connectivity index (χ4v) is 3.28. The summed E-state index contributed by atoms with van der Waals surface area (Å²) in [6.07, 6.45) is 3.59. The molecule has 2 N–H and O–H groups in total. The molecule has 0 aliphatic carbocycles. The number of nitrogens with one attached hydrogen (secondary N) is 2. The molecule has 0 spiro atoms. The van der Waals surface area contributed by atoms with Gasteiger partial charge in [-0.05, 0) is 55.0 Å². The van der Waals surface area contributed by atoms with Gasteiger partial charge < -0.3 is 10.6 Å². The first kappa shape index (κ1) is 21.3. The van der Waals surface area contributed by atoms with Crippen LogP contribution in [0, 0.1) is 0 Å². The summed E-state index contributed by atoms with van der Waals surface area (Å²) in [7, 11) is 0. The summed E-state index contributed by atoms with van der Waals surface area (Å²) in [5, 5.41) is 5.87. The average Bonchev–Trinajstić information content (AvgIpc) is 2.81. The summed E-state index contributed by atoms with van der Waals surface area (Å²) < 4.78 is 0. The predicted molar refractivity (Wildman–Crippen MR) is 121 cm³/mol. The van der Waals surface area contributed by atoms with Crippen molar-refractivity contribution in [3.05, 3.63) is 107 Å². The van der Waals surface area contributed by atoms with Gasteiger partial charge in [-0.3, -0.25) is 9.59 Å². The zero-order chi connectivity index (χ0) is 21.0. The van der Waals surface area contributed by atoms with E-state index in [0.717, 1.165) is 25.7 Å². The summed E-state index contributed by atoms with van der Waals surface area (Å²) in [5.74, 6) is -0.302. The van der Waals surface area contributed by atoms with Crippen LogP contribution in [0.5, 0.6) is 0 Å². The summed E-state index contributed by atoms with van der Waals surface area (Å²) >= 11 is 0. The number of amides is 2. The van der Waals surface area contributed by atoms with E-state index in [0.29, 0.717) is 24.2 Å². The normalized spacial score (nSPS) is 10.4. The lowest BCUT2D eigenvalue weighted by Gasteiger charge is -2.08. The maximum absolute atomic E-state index is 12.4. The third-order valence-electron chi connectivity index (χ3n) is 4.93. The Bertz CT molecular complexity index is 865. The molecule has 0 unspecified atom stereocenters. The maximum Gasteiger partial charge on any atom is 0.251 e. The Hall–Kier alpha value is -3.40. The molecule has 30 heavy (non-hydrogen) atoms. The highest BCUT2D eigenvalue weighted by molar-refractivity contribution is 5.99. The van der Waals surface area contributed by atoms with Gasteiger partial charge in [-0.2, -0.15) is 0 Å². The SMILES string of the molecule is O=C(NCCCc1ccccc1)c1cccc(C(=O)NCCCc2ccccc2)c1. The van der Waals surface area contributed by atoms with E-state index in [2.05, 4.69) is 34.9 Å². The fraction of sp³-hybridized carbons (Fsp3) is 0.231. The molecule has 3 aromatic rings. The van der Waals surface area contributed by atoms with Crippen molar-refractivity contribution in [1.82, 2.24) is 10.6 Å². The van der Waals surface area contributed by atoms with Gasteiger partial charge >= 0.3 is 0 Å². The van der Waals surface area contributed by atoms with Crippen LogP contribution in [0.2, 0.25) is 0 Å². The number of aryl methyl sites for hydroxylation is 2. The molecular weight excluding hydrogens is 372 g/mol. The molecule has 0 fully saturated rings. The number of hydrogen-bond donors (Lipinski definition) is 2. The van der Waals surface area contributed by atoms with Gasteiger partial charge in [-0.15, -0.1) is 0 Å². The summed E-state index contributed by atoms with van der Waals surface area (Å²) in [6.45, 7) is 1.20. The monoisotopic (exact) mass is 400 g/mol. The third-order valence-corrected chi connectivity index (χ3v) is 4.93. The van der Waals surface area contributed by atoms with Crippen molar-refractivity contribution in [1.29, 1.82) is 0 Å². The van der Waals surface area contributed by atoms with Crippen molar-refractivity contribution < 1.29 is 9.59 Å². The van der Waals surface area contributed by atoms with Crippen LogP contribution < -0.4 is 10.6 Å². The Morgan fingerprint density at radius 2 is 1.00 bits per heavy atom. The molecule has 0 saturated heterocycles. The number of benzene rings is 3. The summed E-state index contributed by atoms with van der Waals surface area (Å²) in [4.78, 5) is 24.8. The molecule has 0 bridgehead atoms. The molecule has 0 atom stereocenters. The van der Waals surface area contributed by atoms with Crippen molar-refractivity contribution in [2.24, 2.45) is 0 Å². The van der Waals surface area contributed by atoms with Crippen LogP contribution in [0.1, 0.15) is 44.7 Å². The second-order valence-corrected chi connectivity index (χ2v) is 7.27. The van der Waals surface area contributed by atoms with E-state index in [4.69, 9.17) is 0 Å². The van der Waals surface area contributed by atoms with Gasteiger partial charge in [-0.25, -0.2) is 0 Å². The van der Waals surface area contributed by atoms with Crippen molar-refractivity contribution in [2.45, 2.75) is 25.7 Å². The van der Waals surface area contributed by atoms with Gasteiger partial charge in [0.2, 0.25) is 0 Å². The highest BCUT2D eigenvalue weighted by Gasteiger charge is 2.10. The minimum absolute atomic E-state index is 0.151. The topological polar surface area (TPSA) is 58.2 Å². The van der Waals surface area contributed by atoms with Gasteiger partial charge in [0.25, 0.3) is 11.8 Å². The van der Waals surface area contributed by atoms with Crippen molar-refractivity contribution in [3.8, 4) is 0 Å². The lowest BCUT2D eigenvalue weighted by atomic mass is 10.1. The van der Waals surface area contributed by atoms with E-state index in [1.807, 2.05) is 36.4 Å². The molecule has 2 amide bonds. The van der Waals surface area contributed by atoms with Gasteiger partial charge in [-0.1, -0.05) is 66.7 Å². The predicted octanol–water partition coefficient (Wildman–Crippen LogP) is 4.41. The zero-order valence-electron chi connectivity index (χ0n) is 17.1. The smallest absolute Gasteiger partial charge is 0.251 e. The van der Waals surface area contributed by atoms with E-state index >= 15 is 0 Å². The van der Waals surface area contributed by atoms with Gasteiger partial charge in [0.05, 0.1) is 0 Å². The summed E-state index contributed by atoms with van der Waals surface area (Å²) in [5.41, 5.74) is 3.54. The Morgan fingerprint density at radius 3 is 1.43 bits per heavy atom. The second-order valence-electron chi connectivity index (χ2n) is 7.27. The Kier molecular flexibility index (Phi) is 8.22. The molecule has 0 aliphatic heterocycles. The first-order valence-electron chi connectivity index (χ1n) is 10.5. The van der Waals surface area contributed by atoms with Crippen LogP contribution in [0.4, 0.5) is 0 Å². The number of hydrogen-bond acceptors (Lipinski definition) is 2. The number of rotatable bonds is 10. The van der Waals surface area contributed by atoms with E-state index in [9.17, 15) is 9.59 Å². The molecule has 0 heterocycles. The highest BCUT2D eigenvalue weighted by atomic mass is 16.2. The molecular formula is C26H28N2O2. The van der Waals surface area contributed by atoms with Crippen LogP contribution in [0.25, 0.3) is 0 Å². The minimum Gasteiger partial charge on any atom is -0.352 e. The van der Waals surface area contributed by atoms with Gasteiger partial charge in [0.1, 0.15) is 0 Å². The van der Waals surface area contributed by atoms with Gasteiger partial charge in [0.15, 0.2) is 0 Å². The standard InChI is InChI=1S/C26H28N2O2/c29-25(27-18-8-14-21-10-3-1-4-11-21)23-16-7-17-24(20-23)26(30)28-19-9-15-22-12-5-2-6-13-22/h1-7,10-13,16-17,20H,8-9,14-15,18-19H2,(H,27,29)(H,28,30). The number of carbonyl (C=O) groups excluding carboxylic acids is 2. The molecule has 4 nitrogen and oxygen atoms in total. The molecule has 0 aromatic heterocycles. The molecule has 0 saturated carbocycles. The molecule has 0 radical (unpaired) electrons. The van der Waals surface area contributed by atoms with Crippen LogP contribution >= 0.6 is 0 Å². The number of carbonyl (C=O) groups is 2. The third kappa shape index (κ3) is 6.89. The van der Waals surface area contributed by atoms with E-state index < -0.39 is 0 Å². The van der Waals surface area contributed by atoms with Crippen LogP contribution in [-0.2, 0) is 12.8 Å². The second kappa shape index (κ2) is 11.6. The Labute approximate surface area is 178 Å². The molecule has 0 aliphatic rings.